The molecule has 1 fully saturated rings. The Labute approximate surface area is 107 Å². The van der Waals surface area contributed by atoms with E-state index in [0.717, 1.165) is 19.4 Å². The van der Waals surface area contributed by atoms with Crippen molar-refractivity contribution in [2.24, 2.45) is 5.92 Å². The fourth-order valence-electron chi connectivity index (χ4n) is 2.15. The minimum atomic E-state index is 0.150. The summed E-state index contributed by atoms with van der Waals surface area (Å²) in [7, 11) is 0. The van der Waals surface area contributed by atoms with Gasteiger partial charge in [0, 0.05) is 19.4 Å². The number of ketones is 1. The molecule has 0 spiro atoms. The molecule has 0 aromatic carbocycles. The van der Waals surface area contributed by atoms with Crippen molar-refractivity contribution in [3.05, 3.63) is 11.7 Å². The van der Waals surface area contributed by atoms with Crippen LogP contribution in [-0.4, -0.2) is 28.6 Å². The van der Waals surface area contributed by atoms with Crippen molar-refractivity contribution < 1.29 is 14.1 Å². The molecule has 1 aromatic rings. The van der Waals surface area contributed by atoms with E-state index in [1.807, 2.05) is 13.8 Å². The van der Waals surface area contributed by atoms with Crippen LogP contribution in [0.4, 0.5) is 0 Å². The van der Waals surface area contributed by atoms with Crippen LogP contribution in [0.3, 0.4) is 0 Å². The van der Waals surface area contributed by atoms with Gasteiger partial charge in [-0.15, -0.1) is 0 Å². The summed E-state index contributed by atoms with van der Waals surface area (Å²) in [6.45, 7) is 4.87. The second-order valence-electron chi connectivity index (χ2n) is 5.26. The molecule has 5 nitrogen and oxygen atoms in total. The molecule has 1 aliphatic heterocycles. The van der Waals surface area contributed by atoms with E-state index in [0.29, 0.717) is 30.5 Å². The van der Waals surface area contributed by atoms with Crippen LogP contribution < -0.4 is 0 Å². The van der Waals surface area contributed by atoms with Gasteiger partial charge in [-0.05, 0) is 18.8 Å². The Morgan fingerprint density at radius 3 is 3.00 bits per heavy atom. The summed E-state index contributed by atoms with van der Waals surface area (Å²) in [5, 5.41) is 3.89. The monoisotopic (exact) mass is 252 g/mol. The highest BCUT2D eigenvalue weighted by molar-refractivity contribution is 5.80. The van der Waals surface area contributed by atoms with Gasteiger partial charge in [0.1, 0.15) is 5.78 Å². The van der Waals surface area contributed by atoms with Gasteiger partial charge in [-0.1, -0.05) is 19.0 Å². The van der Waals surface area contributed by atoms with Crippen LogP contribution in [0.1, 0.15) is 44.8 Å². The van der Waals surface area contributed by atoms with Crippen molar-refractivity contribution in [2.45, 2.75) is 52.1 Å². The summed E-state index contributed by atoms with van der Waals surface area (Å²) < 4.78 is 10.6. The predicted octanol–water partition coefficient (Wildman–Crippen LogP) is 1.95. The lowest BCUT2D eigenvalue weighted by molar-refractivity contribution is -0.119. The maximum Gasteiger partial charge on any atom is 0.234 e. The molecular weight excluding hydrogens is 232 g/mol. The third-order valence-electron chi connectivity index (χ3n) is 2.93. The van der Waals surface area contributed by atoms with Crippen LogP contribution in [0.5, 0.6) is 0 Å². The molecule has 1 aromatic heterocycles. The van der Waals surface area contributed by atoms with Crippen molar-refractivity contribution in [1.82, 2.24) is 10.1 Å². The van der Waals surface area contributed by atoms with E-state index in [1.54, 1.807) is 0 Å². The van der Waals surface area contributed by atoms with Gasteiger partial charge in [0.15, 0.2) is 5.82 Å². The number of carbonyl (C=O) groups is 1. The molecule has 100 valence electrons. The van der Waals surface area contributed by atoms with E-state index in [1.165, 1.54) is 0 Å². The van der Waals surface area contributed by atoms with Crippen molar-refractivity contribution in [3.8, 4) is 0 Å². The first-order valence-corrected chi connectivity index (χ1v) is 6.58. The van der Waals surface area contributed by atoms with E-state index in [9.17, 15) is 4.79 Å². The van der Waals surface area contributed by atoms with Crippen LogP contribution in [0, 0.1) is 5.92 Å². The standard InChI is InChI=1S/C13H20N2O3/c1-9(2)6-10(16)7-13-14-12(15-18-13)8-11-4-3-5-17-11/h9,11H,3-8H2,1-2H3. The molecule has 0 radical (unpaired) electrons. The van der Waals surface area contributed by atoms with Crippen molar-refractivity contribution in [3.63, 3.8) is 0 Å². The molecule has 18 heavy (non-hydrogen) atoms. The first-order chi connectivity index (χ1) is 8.63. The molecular formula is C13H20N2O3. The molecule has 0 N–H and O–H groups in total. The molecule has 1 atom stereocenters. The number of nitrogens with zero attached hydrogens (tertiary/aromatic N) is 2. The molecule has 0 saturated carbocycles. The summed E-state index contributed by atoms with van der Waals surface area (Å²) in [6, 6.07) is 0. The lowest BCUT2D eigenvalue weighted by Crippen LogP contribution is -2.10. The minimum Gasteiger partial charge on any atom is -0.378 e. The summed E-state index contributed by atoms with van der Waals surface area (Å²) >= 11 is 0. The molecule has 0 aliphatic carbocycles. The third kappa shape index (κ3) is 3.91. The van der Waals surface area contributed by atoms with Crippen LogP contribution in [0.15, 0.2) is 4.52 Å². The molecule has 1 saturated heterocycles. The van der Waals surface area contributed by atoms with Gasteiger partial charge in [-0.3, -0.25) is 4.79 Å². The molecule has 5 heteroatoms. The Morgan fingerprint density at radius 2 is 2.33 bits per heavy atom. The summed E-state index contributed by atoms with van der Waals surface area (Å²) in [5.74, 6) is 1.59. The zero-order valence-corrected chi connectivity index (χ0v) is 11.0. The minimum absolute atomic E-state index is 0.150. The highest BCUT2D eigenvalue weighted by atomic mass is 16.5. The normalized spacial score (nSPS) is 19.6. The third-order valence-corrected chi connectivity index (χ3v) is 2.93. The maximum absolute atomic E-state index is 11.6. The number of aromatic nitrogens is 2. The Bertz CT molecular complexity index is 395. The number of rotatable bonds is 6. The highest BCUT2D eigenvalue weighted by Crippen LogP contribution is 2.16. The average Bonchev–Trinajstić information content (AvgIpc) is 2.89. The summed E-state index contributed by atoms with van der Waals surface area (Å²) in [4.78, 5) is 15.9. The van der Waals surface area contributed by atoms with Gasteiger partial charge in [-0.25, -0.2) is 0 Å². The van der Waals surface area contributed by atoms with Gasteiger partial charge in [0.05, 0.1) is 12.5 Å². The number of hydrogen-bond acceptors (Lipinski definition) is 5. The number of carbonyl (C=O) groups excluding carboxylic acids is 1. The Morgan fingerprint density at radius 1 is 1.50 bits per heavy atom. The Hall–Kier alpha value is -1.23. The summed E-state index contributed by atoms with van der Waals surface area (Å²) in [6.07, 6.45) is 3.85. The number of Topliss-reactive ketones (excluding diaryl/α,β-unsaturated/α-hetero) is 1. The van der Waals surface area contributed by atoms with Crippen molar-refractivity contribution in [1.29, 1.82) is 0 Å². The topological polar surface area (TPSA) is 65.2 Å². The van der Waals surface area contributed by atoms with E-state index in [4.69, 9.17) is 9.26 Å². The van der Waals surface area contributed by atoms with E-state index < -0.39 is 0 Å². The second kappa shape index (κ2) is 6.09. The maximum atomic E-state index is 11.6. The lowest BCUT2D eigenvalue weighted by Gasteiger charge is -2.03. The van der Waals surface area contributed by atoms with Gasteiger partial charge >= 0.3 is 0 Å². The highest BCUT2D eigenvalue weighted by Gasteiger charge is 2.19. The first kappa shape index (κ1) is 13.2. The van der Waals surface area contributed by atoms with Crippen LogP contribution in [0.2, 0.25) is 0 Å². The molecule has 2 heterocycles. The smallest absolute Gasteiger partial charge is 0.234 e. The quantitative estimate of drug-likeness (QED) is 0.774. The molecule has 1 unspecified atom stereocenters. The predicted molar refractivity (Wildman–Crippen MR) is 65.1 cm³/mol. The number of ether oxygens (including phenoxy) is 1. The number of hydrogen-bond donors (Lipinski definition) is 0. The van der Waals surface area contributed by atoms with E-state index in [2.05, 4.69) is 10.1 Å². The van der Waals surface area contributed by atoms with Crippen molar-refractivity contribution in [2.75, 3.05) is 6.61 Å². The average molecular weight is 252 g/mol. The fraction of sp³-hybridized carbons (Fsp3) is 0.769. The van der Waals surface area contributed by atoms with E-state index in [-0.39, 0.29) is 18.3 Å². The zero-order chi connectivity index (χ0) is 13.0. The van der Waals surface area contributed by atoms with Crippen molar-refractivity contribution >= 4 is 5.78 Å². The lowest BCUT2D eigenvalue weighted by atomic mass is 10.1. The van der Waals surface area contributed by atoms with Gasteiger partial charge < -0.3 is 9.26 Å². The van der Waals surface area contributed by atoms with Gasteiger partial charge in [0.2, 0.25) is 5.89 Å². The fourth-order valence-corrected chi connectivity index (χ4v) is 2.15. The van der Waals surface area contributed by atoms with Gasteiger partial charge in [0.25, 0.3) is 0 Å². The molecule has 0 amide bonds. The Kier molecular flexibility index (Phi) is 4.47. The van der Waals surface area contributed by atoms with E-state index >= 15 is 0 Å². The van der Waals surface area contributed by atoms with Gasteiger partial charge in [-0.2, -0.15) is 4.98 Å². The SMILES string of the molecule is CC(C)CC(=O)Cc1nc(CC2CCCO2)no1. The molecule has 2 rings (SSSR count). The summed E-state index contributed by atoms with van der Waals surface area (Å²) in [5.41, 5.74) is 0. The first-order valence-electron chi connectivity index (χ1n) is 6.58. The Balaban J connectivity index is 1.83. The van der Waals surface area contributed by atoms with Crippen LogP contribution in [0.25, 0.3) is 0 Å². The second-order valence-corrected chi connectivity index (χ2v) is 5.26. The van der Waals surface area contributed by atoms with Crippen LogP contribution >= 0.6 is 0 Å². The van der Waals surface area contributed by atoms with Crippen LogP contribution in [-0.2, 0) is 22.4 Å². The molecule has 1 aliphatic rings. The molecule has 0 bridgehead atoms. The largest absolute Gasteiger partial charge is 0.378 e. The zero-order valence-electron chi connectivity index (χ0n) is 11.0.